The number of hydrogen-bond acceptors (Lipinski definition) is 5. The summed E-state index contributed by atoms with van der Waals surface area (Å²) in [5, 5.41) is 11.1. The number of nitrogens with zero attached hydrogens (tertiary/aromatic N) is 2. The lowest BCUT2D eigenvalue weighted by atomic mass is 10.2. The number of hydrazine groups is 1. The van der Waals surface area contributed by atoms with Crippen LogP contribution in [0.3, 0.4) is 0 Å². The molecule has 0 saturated heterocycles. The first-order chi connectivity index (χ1) is 13.1. The molecule has 3 aromatic carbocycles. The van der Waals surface area contributed by atoms with E-state index in [0.717, 1.165) is 22.7 Å². The molecule has 0 atom stereocenters. The van der Waals surface area contributed by atoms with E-state index in [4.69, 9.17) is 0 Å². The minimum Gasteiger partial charge on any atom is -0.326 e. The number of carbonyl (C=O) groups is 1. The molecule has 0 heterocycles. The number of rotatable bonds is 6. The van der Waals surface area contributed by atoms with Gasteiger partial charge in [-0.25, -0.2) is 0 Å². The Morgan fingerprint density at radius 2 is 1.07 bits per heavy atom. The van der Waals surface area contributed by atoms with Gasteiger partial charge in [0.05, 0.1) is 22.7 Å². The van der Waals surface area contributed by atoms with E-state index in [1.807, 2.05) is 36.4 Å². The van der Waals surface area contributed by atoms with Gasteiger partial charge in [-0.3, -0.25) is 4.79 Å². The van der Waals surface area contributed by atoms with Crippen molar-refractivity contribution >= 4 is 34.3 Å². The fourth-order valence-electron chi connectivity index (χ4n) is 2.32. The van der Waals surface area contributed by atoms with Crippen LogP contribution in [0.5, 0.6) is 0 Å². The molecule has 6 nitrogen and oxygen atoms in total. The normalized spacial score (nSPS) is 10.6. The number of nitrogens with one attached hydrogen (secondary N) is 3. The van der Waals surface area contributed by atoms with Crippen molar-refractivity contribution in [3.05, 3.63) is 78.4 Å². The molecule has 3 N–H and O–H groups in total. The molecule has 0 saturated carbocycles. The van der Waals surface area contributed by atoms with E-state index in [0.29, 0.717) is 5.69 Å². The second kappa shape index (κ2) is 8.62. The van der Waals surface area contributed by atoms with E-state index >= 15 is 0 Å². The average Bonchev–Trinajstić information content (AvgIpc) is 2.67. The molecule has 1 amide bonds. The van der Waals surface area contributed by atoms with Crippen molar-refractivity contribution < 1.29 is 4.79 Å². The molecule has 3 rings (SSSR count). The van der Waals surface area contributed by atoms with Crippen LogP contribution in [-0.2, 0) is 4.79 Å². The van der Waals surface area contributed by atoms with Gasteiger partial charge in [-0.2, -0.15) is 10.2 Å². The summed E-state index contributed by atoms with van der Waals surface area (Å²) in [4.78, 5) is 11.0. The summed E-state index contributed by atoms with van der Waals surface area (Å²) in [6.07, 6.45) is 0. The second-order valence-corrected chi connectivity index (χ2v) is 6.09. The van der Waals surface area contributed by atoms with E-state index in [1.165, 1.54) is 12.5 Å². The minimum absolute atomic E-state index is 0.102. The summed E-state index contributed by atoms with van der Waals surface area (Å²) in [5.74, 6) is -0.102. The van der Waals surface area contributed by atoms with Crippen molar-refractivity contribution in [2.24, 2.45) is 10.2 Å². The zero-order valence-electron chi connectivity index (χ0n) is 15.2. The summed E-state index contributed by atoms with van der Waals surface area (Å²) < 4.78 is 0. The predicted molar refractivity (Wildman–Crippen MR) is 110 cm³/mol. The highest BCUT2D eigenvalue weighted by Gasteiger charge is 1.97. The van der Waals surface area contributed by atoms with Gasteiger partial charge in [-0.05, 0) is 67.6 Å². The fourth-order valence-corrected chi connectivity index (χ4v) is 2.32. The summed E-state index contributed by atoms with van der Waals surface area (Å²) in [7, 11) is 0. The molecule has 0 aromatic heterocycles. The number of anilines is 3. The highest BCUT2D eigenvalue weighted by molar-refractivity contribution is 5.88. The number of amides is 1. The Balaban J connectivity index is 1.55. The van der Waals surface area contributed by atoms with Crippen molar-refractivity contribution in [3.63, 3.8) is 0 Å². The first-order valence-corrected chi connectivity index (χ1v) is 8.57. The third-order valence-electron chi connectivity index (χ3n) is 3.74. The topological polar surface area (TPSA) is 77.9 Å². The largest absolute Gasteiger partial charge is 0.326 e. The Morgan fingerprint density at radius 1 is 0.667 bits per heavy atom. The van der Waals surface area contributed by atoms with Crippen molar-refractivity contribution in [2.45, 2.75) is 13.8 Å². The minimum atomic E-state index is -0.102. The molecular formula is C21H21N5O. The van der Waals surface area contributed by atoms with E-state index < -0.39 is 0 Å². The lowest BCUT2D eigenvalue weighted by molar-refractivity contribution is -0.114. The van der Waals surface area contributed by atoms with Gasteiger partial charge in [0.1, 0.15) is 0 Å². The summed E-state index contributed by atoms with van der Waals surface area (Å²) in [6.45, 7) is 3.53. The van der Waals surface area contributed by atoms with Crippen LogP contribution in [0.25, 0.3) is 0 Å². The van der Waals surface area contributed by atoms with Gasteiger partial charge < -0.3 is 16.2 Å². The molecule has 0 bridgehead atoms. The Bertz CT molecular complexity index is 916. The zero-order chi connectivity index (χ0) is 19.1. The highest BCUT2D eigenvalue weighted by Crippen LogP contribution is 2.22. The number of azo groups is 1. The van der Waals surface area contributed by atoms with Crippen LogP contribution in [0, 0.1) is 6.92 Å². The first-order valence-electron chi connectivity index (χ1n) is 8.57. The molecule has 0 spiro atoms. The van der Waals surface area contributed by atoms with Crippen molar-refractivity contribution in [1.29, 1.82) is 0 Å². The van der Waals surface area contributed by atoms with Crippen LogP contribution in [0.2, 0.25) is 0 Å². The Kier molecular flexibility index (Phi) is 5.79. The number of aryl methyl sites for hydroxylation is 1. The van der Waals surface area contributed by atoms with Crippen LogP contribution in [0.15, 0.2) is 83.0 Å². The van der Waals surface area contributed by atoms with E-state index in [-0.39, 0.29) is 5.91 Å². The average molecular weight is 359 g/mol. The van der Waals surface area contributed by atoms with Crippen LogP contribution in [-0.4, -0.2) is 5.91 Å². The molecule has 0 aliphatic rings. The Hall–Kier alpha value is -3.67. The third-order valence-corrected chi connectivity index (χ3v) is 3.74. The molecule has 0 aliphatic carbocycles. The molecule has 6 heteroatoms. The summed E-state index contributed by atoms with van der Waals surface area (Å²) >= 11 is 0. The van der Waals surface area contributed by atoms with Crippen LogP contribution in [0.4, 0.5) is 28.4 Å². The van der Waals surface area contributed by atoms with Crippen LogP contribution >= 0.6 is 0 Å². The van der Waals surface area contributed by atoms with Gasteiger partial charge >= 0.3 is 0 Å². The standard InChI is InChI=1S/C21H21N5O/c1-15-3-5-18(6-4-15)23-25-20-11-13-21(14-12-20)26-24-19-9-7-17(8-10-19)22-16(2)27/h3-14,23,25H,1-2H3,(H,22,27). The molecule has 0 unspecified atom stereocenters. The van der Waals surface area contributed by atoms with Gasteiger partial charge in [0.15, 0.2) is 0 Å². The van der Waals surface area contributed by atoms with Crippen LogP contribution < -0.4 is 16.2 Å². The molecule has 0 aliphatic heterocycles. The monoisotopic (exact) mass is 359 g/mol. The molecule has 0 fully saturated rings. The lowest BCUT2D eigenvalue weighted by Gasteiger charge is -2.09. The van der Waals surface area contributed by atoms with Crippen molar-refractivity contribution in [3.8, 4) is 0 Å². The van der Waals surface area contributed by atoms with E-state index in [1.54, 1.807) is 24.3 Å². The Labute approximate surface area is 158 Å². The van der Waals surface area contributed by atoms with Gasteiger partial charge in [-0.1, -0.05) is 17.7 Å². The molecule has 0 radical (unpaired) electrons. The maximum Gasteiger partial charge on any atom is 0.221 e. The van der Waals surface area contributed by atoms with Gasteiger partial charge in [0.2, 0.25) is 5.91 Å². The van der Waals surface area contributed by atoms with Crippen molar-refractivity contribution in [1.82, 2.24) is 0 Å². The molecule has 27 heavy (non-hydrogen) atoms. The molecular weight excluding hydrogens is 338 g/mol. The van der Waals surface area contributed by atoms with E-state index in [9.17, 15) is 4.79 Å². The quantitative estimate of drug-likeness (QED) is 0.384. The number of benzene rings is 3. The second-order valence-electron chi connectivity index (χ2n) is 6.09. The summed E-state index contributed by atoms with van der Waals surface area (Å²) in [5.41, 5.74) is 11.6. The molecule has 3 aromatic rings. The van der Waals surface area contributed by atoms with Crippen molar-refractivity contribution in [2.75, 3.05) is 16.2 Å². The van der Waals surface area contributed by atoms with E-state index in [2.05, 4.69) is 45.5 Å². The van der Waals surface area contributed by atoms with Crippen LogP contribution in [0.1, 0.15) is 12.5 Å². The zero-order valence-corrected chi connectivity index (χ0v) is 15.2. The maximum absolute atomic E-state index is 11.0. The first kappa shape index (κ1) is 18.1. The van der Waals surface area contributed by atoms with Gasteiger partial charge in [0, 0.05) is 12.6 Å². The number of hydrogen-bond donors (Lipinski definition) is 3. The highest BCUT2D eigenvalue weighted by atomic mass is 16.1. The maximum atomic E-state index is 11.0. The lowest BCUT2D eigenvalue weighted by Crippen LogP contribution is -2.07. The van der Waals surface area contributed by atoms with Gasteiger partial charge in [-0.15, -0.1) is 0 Å². The fraction of sp³-hybridized carbons (Fsp3) is 0.0952. The summed E-state index contributed by atoms with van der Waals surface area (Å²) in [6, 6.07) is 22.9. The number of carbonyl (C=O) groups excluding carboxylic acids is 1. The molecule has 136 valence electrons. The van der Waals surface area contributed by atoms with Gasteiger partial charge in [0.25, 0.3) is 0 Å². The third kappa shape index (κ3) is 5.67. The predicted octanol–water partition coefficient (Wildman–Crippen LogP) is 5.81. The Morgan fingerprint density at radius 3 is 1.52 bits per heavy atom. The smallest absolute Gasteiger partial charge is 0.221 e. The SMILES string of the molecule is CC(=O)Nc1ccc(N=Nc2ccc(NNc3ccc(C)cc3)cc2)cc1.